The van der Waals surface area contributed by atoms with Crippen molar-refractivity contribution in [1.82, 2.24) is 0 Å². The maximum Gasteiger partial charge on any atom is 0.105 e. The molecule has 0 saturated carbocycles. The summed E-state index contributed by atoms with van der Waals surface area (Å²) >= 11 is 0. The Morgan fingerprint density at radius 3 is 2.11 bits per heavy atom. The van der Waals surface area contributed by atoms with Crippen LogP contribution in [0.2, 0.25) is 0 Å². The van der Waals surface area contributed by atoms with Gasteiger partial charge in [-0.2, -0.15) is 15.5 Å². The van der Waals surface area contributed by atoms with Crippen LogP contribution in [0.5, 0.6) is 0 Å². The smallest absolute Gasteiger partial charge is 0.105 e. The minimum absolute atomic E-state index is 0.366. The summed E-state index contributed by atoms with van der Waals surface area (Å²) in [6, 6.07) is 19.3. The van der Waals surface area contributed by atoms with Gasteiger partial charge < -0.3 is 4.90 Å². The van der Waals surface area contributed by atoms with Crippen molar-refractivity contribution in [3.8, 4) is 6.07 Å². The topological polar surface area (TPSA) is 51.8 Å². The van der Waals surface area contributed by atoms with Crippen molar-refractivity contribution in [3.63, 3.8) is 0 Å². The fourth-order valence-electron chi connectivity index (χ4n) is 1.58. The van der Waals surface area contributed by atoms with E-state index in [1.807, 2.05) is 66.5 Å². The highest BCUT2D eigenvalue weighted by Gasteiger charge is 1.99. The Bertz CT molecular complexity index is 582. The molecule has 0 heterocycles. The van der Waals surface area contributed by atoms with Crippen molar-refractivity contribution in [1.29, 1.82) is 5.26 Å². The maximum atomic E-state index is 8.64. The van der Waals surface area contributed by atoms with E-state index in [-0.39, 0.29) is 0 Å². The summed E-state index contributed by atoms with van der Waals surface area (Å²) in [6.07, 6.45) is 0. The van der Waals surface area contributed by atoms with Crippen LogP contribution >= 0.6 is 0 Å². The molecule has 0 amide bonds. The predicted octanol–water partition coefficient (Wildman–Crippen LogP) is 4.06. The Kier molecular flexibility index (Phi) is 4.25. The third-order valence-corrected chi connectivity index (χ3v) is 2.64. The van der Waals surface area contributed by atoms with Gasteiger partial charge >= 0.3 is 0 Å². The molecule has 0 bridgehead atoms. The Labute approximate surface area is 112 Å². The zero-order chi connectivity index (χ0) is 13.5. The van der Waals surface area contributed by atoms with Crippen molar-refractivity contribution in [2.24, 2.45) is 10.2 Å². The minimum Gasteiger partial charge on any atom is -0.361 e. The van der Waals surface area contributed by atoms with E-state index in [1.165, 1.54) is 0 Å². The average molecular weight is 250 g/mol. The van der Waals surface area contributed by atoms with E-state index in [9.17, 15) is 0 Å². The molecular formula is C15H14N4. The third kappa shape index (κ3) is 3.65. The molecule has 2 rings (SSSR count). The van der Waals surface area contributed by atoms with E-state index in [0.717, 1.165) is 17.1 Å². The van der Waals surface area contributed by atoms with Crippen LogP contribution in [0.15, 0.2) is 64.8 Å². The van der Waals surface area contributed by atoms with Crippen LogP contribution < -0.4 is 4.90 Å². The van der Waals surface area contributed by atoms with Crippen LogP contribution in [-0.2, 0) is 0 Å². The van der Waals surface area contributed by atoms with E-state index in [0.29, 0.717) is 6.54 Å². The molecule has 2 aromatic carbocycles. The van der Waals surface area contributed by atoms with E-state index >= 15 is 0 Å². The van der Waals surface area contributed by atoms with Crippen molar-refractivity contribution in [2.75, 3.05) is 18.5 Å². The zero-order valence-corrected chi connectivity index (χ0v) is 10.7. The van der Waals surface area contributed by atoms with Crippen LogP contribution in [0, 0.1) is 11.3 Å². The first-order chi connectivity index (χ1) is 9.29. The average Bonchev–Trinajstić information content (AvgIpc) is 2.47. The number of nitriles is 1. The predicted molar refractivity (Wildman–Crippen MR) is 75.9 cm³/mol. The second-order valence-corrected chi connectivity index (χ2v) is 4.07. The monoisotopic (exact) mass is 250 g/mol. The summed E-state index contributed by atoms with van der Waals surface area (Å²) in [5.41, 5.74) is 2.60. The lowest BCUT2D eigenvalue weighted by molar-refractivity contribution is 1.04. The van der Waals surface area contributed by atoms with Gasteiger partial charge in [0.1, 0.15) is 6.54 Å². The second-order valence-electron chi connectivity index (χ2n) is 4.07. The molecule has 94 valence electrons. The van der Waals surface area contributed by atoms with Gasteiger partial charge in [-0.05, 0) is 36.4 Å². The van der Waals surface area contributed by atoms with Crippen LogP contribution in [0.3, 0.4) is 0 Å². The van der Waals surface area contributed by atoms with E-state index in [4.69, 9.17) is 5.26 Å². The molecule has 0 saturated heterocycles. The minimum atomic E-state index is 0.366. The molecule has 0 N–H and O–H groups in total. The number of azo groups is 1. The van der Waals surface area contributed by atoms with Crippen LogP contribution in [0.1, 0.15) is 0 Å². The molecule has 0 fully saturated rings. The van der Waals surface area contributed by atoms with Gasteiger partial charge in [-0.15, -0.1) is 0 Å². The van der Waals surface area contributed by atoms with Gasteiger partial charge in [-0.25, -0.2) is 0 Å². The second kappa shape index (κ2) is 6.31. The SMILES string of the molecule is CN(CC#N)c1ccc(/N=N/c2ccccc2)cc1. The third-order valence-electron chi connectivity index (χ3n) is 2.64. The number of hydrogen-bond donors (Lipinski definition) is 0. The Morgan fingerprint density at radius 2 is 1.53 bits per heavy atom. The molecule has 0 aliphatic carbocycles. The summed E-state index contributed by atoms with van der Waals surface area (Å²) in [4.78, 5) is 1.87. The van der Waals surface area contributed by atoms with Gasteiger partial charge in [-0.3, -0.25) is 0 Å². The number of hydrogen-bond acceptors (Lipinski definition) is 4. The highest BCUT2D eigenvalue weighted by molar-refractivity contribution is 5.52. The van der Waals surface area contributed by atoms with Gasteiger partial charge in [0.2, 0.25) is 0 Å². The van der Waals surface area contributed by atoms with Crippen molar-refractivity contribution < 1.29 is 0 Å². The normalized spacial score (nSPS) is 10.3. The summed E-state index contributed by atoms with van der Waals surface area (Å²) < 4.78 is 0. The Balaban J connectivity index is 2.07. The fraction of sp³-hybridized carbons (Fsp3) is 0.133. The summed E-state index contributed by atoms with van der Waals surface area (Å²) in [6.45, 7) is 0.366. The fourth-order valence-corrected chi connectivity index (χ4v) is 1.58. The standard InChI is InChI=1S/C15H14N4/c1-19(12-11-16)15-9-7-14(8-10-15)18-17-13-5-3-2-4-6-13/h2-10H,12H2,1H3/b18-17+. The first-order valence-electron chi connectivity index (χ1n) is 5.94. The first-order valence-corrected chi connectivity index (χ1v) is 5.94. The van der Waals surface area contributed by atoms with Crippen LogP contribution in [0.4, 0.5) is 17.1 Å². The van der Waals surface area contributed by atoms with Crippen LogP contribution in [0.25, 0.3) is 0 Å². The lowest BCUT2D eigenvalue weighted by Crippen LogP contribution is -2.16. The molecule has 0 aliphatic heterocycles. The highest BCUT2D eigenvalue weighted by Crippen LogP contribution is 2.21. The number of benzene rings is 2. The Hall–Kier alpha value is -2.67. The van der Waals surface area contributed by atoms with Gasteiger partial charge in [0.15, 0.2) is 0 Å². The van der Waals surface area contributed by atoms with Gasteiger partial charge in [0.05, 0.1) is 17.4 Å². The van der Waals surface area contributed by atoms with Crippen molar-refractivity contribution in [2.45, 2.75) is 0 Å². The molecule has 19 heavy (non-hydrogen) atoms. The van der Waals surface area contributed by atoms with E-state index in [1.54, 1.807) is 0 Å². The summed E-state index contributed by atoms with van der Waals surface area (Å²) in [5, 5.41) is 16.9. The lowest BCUT2D eigenvalue weighted by Gasteiger charge is -2.14. The summed E-state index contributed by atoms with van der Waals surface area (Å²) in [5.74, 6) is 0. The molecule has 0 unspecified atom stereocenters. The molecule has 0 aliphatic rings. The Morgan fingerprint density at radius 1 is 0.947 bits per heavy atom. The number of anilines is 1. The molecule has 0 atom stereocenters. The maximum absolute atomic E-state index is 8.64. The molecule has 0 spiro atoms. The highest BCUT2D eigenvalue weighted by atomic mass is 15.1. The largest absolute Gasteiger partial charge is 0.361 e. The molecule has 4 heteroatoms. The molecule has 0 aromatic heterocycles. The van der Waals surface area contributed by atoms with E-state index < -0.39 is 0 Å². The van der Waals surface area contributed by atoms with Gasteiger partial charge in [0, 0.05) is 12.7 Å². The van der Waals surface area contributed by atoms with E-state index in [2.05, 4.69) is 16.3 Å². The number of rotatable bonds is 4. The van der Waals surface area contributed by atoms with Gasteiger partial charge in [-0.1, -0.05) is 18.2 Å². The van der Waals surface area contributed by atoms with Crippen LogP contribution in [-0.4, -0.2) is 13.6 Å². The lowest BCUT2D eigenvalue weighted by atomic mass is 10.2. The van der Waals surface area contributed by atoms with Crippen molar-refractivity contribution >= 4 is 17.1 Å². The molecule has 0 radical (unpaired) electrons. The molecule has 2 aromatic rings. The molecule has 4 nitrogen and oxygen atoms in total. The van der Waals surface area contributed by atoms with Crippen molar-refractivity contribution in [3.05, 3.63) is 54.6 Å². The number of nitrogens with zero attached hydrogens (tertiary/aromatic N) is 4. The molecular weight excluding hydrogens is 236 g/mol. The summed E-state index contributed by atoms with van der Waals surface area (Å²) in [7, 11) is 1.88. The first kappa shape index (κ1) is 12.8. The van der Waals surface area contributed by atoms with Gasteiger partial charge in [0.25, 0.3) is 0 Å². The zero-order valence-electron chi connectivity index (χ0n) is 10.7. The quantitative estimate of drug-likeness (QED) is 0.607.